The van der Waals surface area contributed by atoms with Crippen molar-refractivity contribution in [3.05, 3.63) is 0 Å². The number of hydrogen-bond donors (Lipinski definition) is 5. The minimum Gasteiger partial charge on any atom is -0.393 e. The highest BCUT2D eigenvalue weighted by atomic mass is 31.2. The van der Waals surface area contributed by atoms with Gasteiger partial charge in [0.15, 0.2) is 0 Å². The molecule has 0 fully saturated rings. The Morgan fingerprint density at radius 2 is 1.23 bits per heavy atom. The van der Waals surface area contributed by atoms with Crippen molar-refractivity contribution in [1.82, 2.24) is 5.32 Å². The van der Waals surface area contributed by atoms with Gasteiger partial charge in [-0.2, -0.15) is 0 Å². The van der Waals surface area contributed by atoms with Crippen LogP contribution in [-0.4, -0.2) is 59.0 Å². The fourth-order valence-corrected chi connectivity index (χ4v) is 5.35. The van der Waals surface area contributed by atoms with Gasteiger partial charge in [-0.05, 0) is 12.8 Å². The lowest BCUT2D eigenvalue weighted by molar-refractivity contribution is -0.125. The molecule has 1 amide bonds. The van der Waals surface area contributed by atoms with E-state index >= 15 is 0 Å². The Morgan fingerprint density at radius 3 is 1.72 bits per heavy atom. The van der Waals surface area contributed by atoms with Gasteiger partial charge in [0.2, 0.25) is 5.91 Å². The number of carbonyl (C=O) groups is 1. The first-order valence-electron chi connectivity index (χ1n) is 15.7. The van der Waals surface area contributed by atoms with Crippen molar-refractivity contribution in [2.75, 3.05) is 19.8 Å². The molecule has 0 aliphatic rings. The maximum absolute atomic E-state index is 12.6. The van der Waals surface area contributed by atoms with Crippen molar-refractivity contribution in [3.8, 4) is 0 Å². The second-order valence-electron chi connectivity index (χ2n) is 10.9. The van der Waals surface area contributed by atoms with Crippen LogP contribution < -0.4 is 11.1 Å². The molecule has 0 spiro atoms. The predicted octanol–water partition coefficient (Wildman–Crippen LogP) is 6.13. The summed E-state index contributed by atoms with van der Waals surface area (Å²) in [5.41, 5.74) is 5.31. The fraction of sp³-hybridized carbons (Fsp3) is 0.966. The summed E-state index contributed by atoms with van der Waals surface area (Å²) in [6, 6.07) is -0.885. The average molecular weight is 581 g/mol. The average Bonchev–Trinajstić information content (AvgIpc) is 2.90. The molecule has 0 aliphatic heterocycles. The highest BCUT2D eigenvalue weighted by molar-refractivity contribution is 7.47. The van der Waals surface area contributed by atoms with E-state index in [9.17, 15) is 24.5 Å². The van der Waals surface area contributed by atoms with Crippen LogP contribution in [0.3, 0.4) is 0 Å². The Hall–Kier alpha value is -0.540. The number of hydrogen-bond acceptors (Lipinski definition) is 7. The number of nitrogens with one attached hydrogen (secondary N) is 1. The lowest BCUT2D eigenvalue weighted by atomic mass is 10.0. The van der Waals surface area contributed by atoms with Gasteiger partial charge in [0, 0.05) is 6.54 Å². The molecule has 0 aromatic heterocycles. The van der Waals surface area contributed by atoms with Gasteiger partial charge in [0.05, 0.1) is 37.9 Å². The summed E-state index contributed by atoms with van der Waals surface area (Å²) in [5, 5.41) is 23.8. The van der Waals surface area contributed by atoms with Crippen LogP contribution in [-0.2, 0) is 18.4 Å². The quantitative estimate of drug-likeness (QED) is 0.0524. The van der Waals surface area contributed by atoms with Gasteiger partial charge in [-0.3, -0.25) is 13.8 Å². The van der Waals surface area contributed by atoms with Crippen molar-refractivity contribution in [2.24, 2.45) is 5.73 Å². The monoisotopic (exact) mass is 580 g/mol. The number of nitrogens with two attached hydrogens (primary N) is 1. The van der Waals surface area contributed by atoms with E-state index in [-0.39, 0.29) is 26.2 Å². The van der Waals surface area contributed by atoms with Crippen LogP contribution in [0.2, 0.25) is 0 Å². The highest BCUT2D eigenvalue weighted by Gasteiger charge is 2.28. The minimum absolute atomic E-state index is 0.0614. The summed E-state index contributed by atoms with van der Waals surface area (Å²) in [7, 11) is -4.35. The second-order valence-corrected chi connectivity index (χ2v) is 12.3. The molecule has 10 heteroatoms. The van der Waals surface area contributed by atoms with Crippen molar-refractivity contribution >= 4 is 13.7 Å². The number of rotatable bonds is 29. The number of aliphatic hydroxyl groups is 2. The molecule has 0 aliphatic carbocycles. The Labute approximate surface area is 238 Å². The maximum atomic E-state index is 12.6. The summed E-state index contributed by atoms with van der Waals surface area (Å²) in [4.78, 5) is 22.4. The first-order valence-corrected chi connectivity index (χ1v) is 17.2. The summed E-state index contributed by atoms with van der Waals surface area (Å²) >= 11 is 0. The van der Waals surface area contributed by atoms with Crippen LogP contribution in [0.25, 0.3) is 0 Å². The van der Waals surface area contributed by atoms with Crippen LogP contribution in [0.1, 0.15) is 142 Å². The lowest BCUT2D eigenvalue weighted by Crippen LogP contribution is -2.47. The zero-order valence-electron chi connectivity index (χ0n) is 25.0. The molecule has 0 aromatic carbocycles. The molecule has 0 saturated carbocycles. The van der Waals surface area contributed by atoms with Crippen molar-refractivity contribution in [3.63, 3.8) is 0 Å². The van der Waals surface area contributed by atoms with Crippen molar-refractivity contribution < 1.29 is 33.5 Å². The van der Waals surface area contributed by atoms with E-state index in [1.165, 1.54) is 64.2 Å². The fourth-order valence-electron chi connectivity index (χ4n) is 4.59. The third-order valence-corrected chi connectivity index (χ3v) is 8.00. The molecular formula is C29H61N2O7P. The molecular weight excluding hydrogens is 519 g/mol. The molecule has 0 aromatic rings. The Morgan fingerprint density at radius 1 is 0.769 bits per heavy atom. The zero-order valence-corrected chi connectivity index (χ0v) is 25.9. The predicted molar refractivity (Wildman–Crippen MR) is 158 cm³/mol. The molecule has 0 rings (SSSR count). The number of carbonyl (C=O) groups excluding carboxylic acids is 1. The molecule has 234 valence electrons. The Bertz CT molecular complexity index is 612. The number of amides is 1. The minimum atomic E-state index is -4.35. The SMILES string of the molecule is CCCCCCCCCCCCC(O)CC(=O)NC(COP(=O)(O)OCCN)C(O)CCCCCCCCC. The summed E-state index contributed by atoms with van der Waals surface area (Å²) in [6.07, 6.45) is 18.9. The van der Waals surface area contributed by atoms with E-state index < -0.39 is 32.0 Å². The zero-order chi connectivity index (χ0) is 29.2. The topological polar surface area (TPSA) is 151 Å². The molecule has 0 saturated heterocycles. The van der Waals surface area contributed by atoms with Gasteiger partial charge in [0.25, 0.3) is 0 Å². The van der Waals surface area contributed by atoms with Crippen LogP contribution in [0.15, 0.2) is 0 Å². The first-order chi connectivity index (χ1) is 18.8. The van der Waals surface area contributed by atoms with Crippen molar-refractivity contribution in [1.29, 1.82) is 0 Å². The van der Waals surface area contributed by atoms with E-state index in [1.807, 2.05) is 0 Å². The smallest absolute Gasteiger partial charge is 0.393 e. The van der Waals surface area contributed by atoms with Crippen LogP contribution in [0, 0.1) is 0 Å². The normalized spacial score (nSPS) is 15.5. The van der Waals surface area contributed by atoms with Crippen LogP contribution in [0.4, 0.5) is 0 Å². The van der Waals surface area contributed by atoms with Gasteiger partial charge >= 0.3 is 7.82 Å². The van der Waals surface area contributed by atoms with Gasteiger partial charge in [-0.25, -0.2) is 4.57 Å². The molecule has 0 radical (unpaired) electrons. The molecule has 0 bridgehead atoms. The molecule has 0 heterocycles. The second kappa shape index (κ2) is 26.4. The molecule has 4 unspecified atom stereocenters. The molecule has 9 nitrogen and oxygen atoms in total. The standard InChI is InChI=1S/C29H61N2O7P/c1-3-5-7-9-11-12-13-15-16-18-20-26(32)24-29(34)31-27(25-38-39(35,36)37-23-22-30)28(33)21-19-17-14-10-8-6-4-2/h26-28,32-33H,3-25,30H2,1-2H3,(H,31,34)(H,35,36). The Kier molecular flexibility index (Phi) is 26.0. The van der Waals surface area contributed by atoms with E-state index in [0.29, 0.717) is 12.8 Å². The third-order valence-electron chi connectivity index (χ3n) is 7.02. The number of aliphatic hydroxyl groups excluding tert-OH is 2. The van der Waals surface area contributed by atoms with Crippen molar-refractivity contribution in [2.45, 2.75) is 161 Å². The van der Waals surface area contributed by atoms with Gasteiger partial charge in [0.1, 0.15) is 0 Å². The van der Waals surface area contributed by atoms with Crippen LogP contribution in [0.5, 0.6) is 0 Å². The van der Waals surface area contributed by atoms with Crippen LogP contribution >= 0.6 is 7.82 Å². The number of unbranched alkanes of at least 4 members (excludes halogenated alkanes) is 15. The molecule has 39 heavy (non-hydrogen) atoms. The largest absolute Gasteiger partial charge is 0.472 e. The maximum Gasteiger partial charge on any atom is 0.472 e. The highest BCUT2D eigenvalue weighted by Crippen LogP contribution is 2.43. The van der Waals surface area contributed by atoms with Gasteiger partial charge in [-0.15, -0.1) is 0 Å². The number of phosphoric acid groups is 1. The third kappa shape index (κ3) is 24.9. The van der Waals surface area contributed by atoms with E-state index in [4.69, 9.17) is 14.8 Å². The van der Waals surface area contributed by atoms with E-state index in [2.05, 4.69) is 19.2 Å². The summed E-state index contributed by atoms with van der Waals surface area (Å²) in [5.74, 6) is -0.419. The lowest BCUT2D eigenvalue weighted by Gasteiger charge is -2.25. The Balaban J connectivity index is 4.45. The van der Waals surface area contributed by atoms with E-state index in [1.54, 1.807) is 0 Å². The van der Waals surface area contributed by atoms with Gasteiger partial charge < -0.3 is 26.2 Å². The molecule has 4 atom stereocenters. The summed E-state index contributed by atoms with van der Waals surface area (Å²) < 4.78 is 21.8. The first kappa shape index (κ1) is 38.5. The summed E-state index contributed by atoms with van der Waals surface area (Å²) in [6.45, 7) is 3.94. The number of phosphoric ester groups is 1. The van der Waals surface area contributed by atoms with Gasteiger partial charge in [-0.1, -0.05) is 123 Å². The molecule has 6 N–H and O–H groups in total. The van der Waals surface area contributed by atoms with E-state index in [0.717, 1.165) is 44.9 Å².